The Bertz CT molecular complexity index is 494. The lowest BCUT2D eigenvalue weighted by atomic mass is 9.76. The van der Waals surface area contributed by atoms with Gasteiger partial charge in [0.25, 0.3) is 0 Å². The van der Waals surface area contributed by atoms with Crippen molar-refractivity contribution in [1.82, 2.24) is 10.2 Å². The molecule has 0 spiro atoms. The van der Waals surface area contributed by atoms with Gasteiger partial charge in [-0.05, 0) is 46.8 Å². The summed E-state index contributed by atoms with van der Waals surface area (Å²) in [5, 5.41) is 14.5. The lowest BCUT2D eigenvalue weighted by Crippen LogP contribution is -2.47. The van der Waals surface area contributed by atoms with E-state index in [2.05, 4.69) is 26.1 Å². The molecular weight excluding hydrogens is 410 g/mol. The summed E-state index contributed by atoms with van der Waals surface area (Å²) in [7, 11) is 0. The molecule has 1 aromatic carbocycles. The topological polar surface area (TPSA) is 35.5 Å². The van der Waals surface area contributed by atoms with E-state index in [9.17, 15) is 5.11 Å². The van der Waals surface area contributed by atoms with E-state index in [0.29, 0.717) is 27.2 Å². The third-order valence-electron chi connectivity index (χ3n) is 4.52. The Morgan fingerprint density at radius 2 is 1.86 bits per heavy atom. The molecule has 3 rings (SSSR count). The number of aromatic hydroxyl groups is 1. The fraction of sp³-hybridized carbons (Fsp3) is 0.600. The van der Waals surface area contributed by atoms with E-state index in [0.717, 1.165) is 31.7 Å². The van der Waals surface area contributed by atoms with E-state index in [-0.39, 0.29) is 24.8 Å². The van der Waals surface area contributed by atoms with Crippen LogP contribution in [0.4, 0.5) is 0 Å². The number of phenolic OH excluding ortho intramolecular Hbond substituents is 1. The van der Waals surface area contributed by atoms with Gasteiger partial charge in [-0.25, -0.2) is 0 Å². The van der Waals surface area contributed by atoms with E-state index in [4.69, 9.17) is 11.6 Å². The predicted molar refractivity (Wildman–Crippen MR) is 99.8 cm³/mol. The third-order valence-corrected chi connectivity index (χ3v) is 5.34. The summed E-state index contributed by atoms with van der Waals surface area (Å²) in [4.78, 5) is 2.50. The van der Waals surface area contributed by atoms with E-state index in [1.54, 1.807) is 6.07 Å². The van der Waals surface area contributed by atoms with Gasteiger partial charge in [0.05, 0.1) is 4.47 Å². The molecule has 2 fully saturated rings. The summed E-state index contributed by atoms with van der Waals surface area (Å²) in [6.45, 7) is 4.10. The zero-order valence-corrected chi connectivity index (χ0v) is 16.2. The number of phenols is 1. The number of nitrogens with zero attached hydrogens (tertiary/aromatic N) is 1. The van der Waals surface area contributed by atoms with Crippen LogP contribution in [0, 0.1) is 5.92 Å². The highest BCUT2D eigenvalue weighted by atomic mass is 79.9. The zero-order valence-electron chi connectivity index (χ0n) is 12.2. The molecule has 2 N–H and O–H groups in total. The second kappa shape index (κ2) is 8.95. The molecule has 0 unspecified atom stereocenters. The van der Waals surface area contributed by atoms with Crippen molar-refractivity contribution in [3.05, 3.63) is 27.2 Å². The summed E-state index contributed by atoms with van der Waals surface area (Å²) in [5.74, 6) is 0.995. The maximum Gasteiger partial charge on any atom is 0.134 e. The van der Waals surface area contributed by atoms with Crippen LogP contribution in [-0.4, -0.2) is 36.2 Å². The van der Waals surface area contributed by atoms with Crippen LogP contribution in [0.15, 0.2) is 16.6 Å². The molecule has 1 heterocycles. The summed E-state index contributed by atoms with van der Waals surface area (Å²) >= 11 is 9.61. The molecule has 3 nitrogen and oxygen atoms in total. The SMILES string of the molecule is Cl.Cl.Oc1c(Br)cc(Cl)cc1[C@@H](C1CCC1)N1CCNCC1. The van der Waals surface area contributed by atoms with Crippen LogP contribution in [0.3, 0.4) is 0 Å². The van der Waals surface area contributed by atoms with Crippen molar-refractivity contribution in [1.29, 1.82) is 0 Å². The molecule has 1 saturated carbocycles. The molecule has 2 aliphatic rings. The van der Waals surface area contributed by atoms with E-state index >= 15 is 0 Å². The molecule has 1 aliphatic carbocycles. The monoisotopic (exact) mass is 430 g/mol. The standard InChI is InChI=1S/C15H20BrClN2O.2ClH/c16-13-9-11(17)8-12(15(13)20)14(10-2-1-3-10)19-6-4-18-5-7-19;;/h8-10,14,18,20H,1-7H2;2*1H/t14-;;/m1../s1. The summed E-state index contributed by atoms with van der Waals surface area (Å²) < 4.78 is 0.694. The average molecular weight is 433 g/mol. The van der Waals surface area contributed by atoms with Crippen molar-refractivity contribution in [3.63, 3.8) is 0 Å². The van der Waals surface area contributed by atoms with Crippen molar-refractivity contribution < 1.29 is 5.11 Å². The molecule has 0 aromatic heterocycles. The molecule has 126 valence electrons. The van der Waals surface area contributed by atoms with Crippen LogP contribution < -0.4 is 5.32 Å². The second-order valence-electron chi connectivity index (χ2n) is 5.75. The van der Waals surface area contributed by atoms with Gasteiger partial charge in [0.15, 0.2) is 0 Å². The van der Waals surface area contributed by atoms with Gasteiger partial charge in [-0.3, -0.25) is 4.90 Å². The van der Waals surface area contributed by atoms with Gasteiger partial charge >= 0.3 is 0 Å². The molecule has 7 heteroatoms. The molecule has 1 atom stereocenters. The fourth-order valence-corrected chi connectivity index (χ4v) is 4.11. The van der Waals surface area contributed by atoms with Crippen molar-refractivity contribution in [2.75, 3.05) is 26.2 Å². The predicted octanol–water partition coefficient (Wildman–Crippen LogP) is 4.40. The van der Waals surface area contributed by atoms with Gasteiger partial charge in [-0.15, -0.1) is 24.8 Å². The number of halogens is 4. The van der Waals surface area contributed by atoms with Gasteiger partial charge in [0.1, 0.15) is 5.75 Å². The molecule has 1 saturated heterocycles. The van der Waals surface area contributed by atoms with Gasteiger partial charge < -0.3 is 10.4 Å². The minimum Gasteiger partial charge on any atom is -0.506 e. The van der Waals surface area contributed by atoms with Gasteiger partial charge in [-0.1, -0.05) is 18.0 Å². The van der Waals surface area contributed by atoms with Crippen LogP contribution in [0.25, 0.3) is 0 Å². The first kappa shape index (κ1) is 20.3. The Kier molecular flexibility index (Phi) is 8.27. The normalized spacial score (nSPS) is 20.5. The second-order valence-corrected chi connectivity index (χ2v) is 7.04. The zero-order chi connectivity index (χ0) is 14.1. The largest absolute Gasteiger partial charge is 0.506 e. The molecule has 1 aliphatic heterocycles. The van der Waals surface area contributed by atoms with Crippen LogP contribution in [0.2, 0.25) is 5.02 Å². The first-order valence-corrected chi connectivity index (χ1v) is 8.46. The Balaban J connectivity index is 0.00000121. The smallest absolute Gasteiger partial charge is 0.134 e. The number of nitrogens with one attached hydrogen (secondary N) is 1. The van der Waals surface area contributed by atoms with E-state index < -0.39 is 0 Å². The molecule has 0 amide bonds. The van der Waals surface area contributed by atoms with Crippen molar-refractivity contribution in [3.8, 4) is 5.75 Å². The van der Waals surface area contributed by atoms with Crippen LogP contribution in [0.1, 0.15) is 30.9 Å². The lowest BCUT2D eigenvalue weighted by Gasteiger charge is -2.43. The Morgan fingerprint density at radius 1 is 1.23 bits per heavy atom. The summed E-state index contributed by atoms with van der Waals surface area (Å²) in [6, 6.07) is 3.99. The van der Waals surface area contributed by atoms with Gasteiger partial charge in [0.2, 0.25) is 0 Å². The first-order valence-electron chi connectivity index (χ1n) is 7.29. The average Bonchev–Trinajstić information content (AvgIpc) is 2.39. The van der Waals surface area contributed by atoms with Crippen molar-refractivity contribution in [2.24, 2.45) is 5.92 Å². The van der Waals surface area contributed by atoms with Gasteiger partial charge in [0, 0.05) is 42.8 Å². The van der Waals surface area contributed by atoms with Crippen molar-refractivity contribution >= 4 is 52.3 Å². The third kappa shape index (κ3) is 4.22. The molecule has 0 bridgehead atoms. The van der Waals surface area contributed by atoms with Crippen LogP contribution in [-0.2, 0) is 0 Å². The molecule has 22 heavy (non-hydrogen) atoms. The lowest BCUT2D eigenvalue weighted by molar-refractivity contribution is 0.0819. The number of piperazine rings is 1. The minimum absolute atomic E-state index is 0. The number of hydrogen-bond acceptors (Lipinski definition) is 3. The number of hydrogen-bond donors (Lipinski definition) is 2. The summed E-state index contributed by atoms with van der Waals surface area (Å²) in [5.41, 5.74) is 0.982. The van der Waals surface area contributed by atoms with Crippen LogP contribution >= 0.6 is 52.3 Å². The number of rotatable bonds is 3. The Labute approximate surface area is 157 Å². The molecular formula is C15H22BrCl3N2O. The summed E-state index contributed by atoms with van der Waals surface area (Å²) in [6.07, 6.45) is 3.80. The molecule has 1 aromatic rings. The highest BCUT2D eigenvalue weighted by molar-refractivity contribution is 9.10. The first-order chi connectivity index (χ1) is 9.66. The molecule has 0 radical (unpaired) electrons. The Morgan fingerprint density at radius 3 is 2.41 bits per heavy atom. The number of benzene rings is 1. The van der Waals surface area contributed by atoms with E-state index in [1.807, 2.05) is 6.07 Å². The highest BCUT2D eigenvalue weighted by Gasteiger charge is 2.35. The maximum atomic E-state index is 10.4. The minimum atomic E-state index is 0. The van der Waals surface area contributed by atoms with E-state index in [1.165, 1.54) is 19.3 Å². The van der Waals surface area contributed by atoms with Crippen LogP contribution in [0.5, 0.6) is 5.75 Å². The van der Waals surface area contributed by atoms with Crippen molar-refractivity contribution in [2.45, 2.75) is 25.3 Å². The highest BCUT2D eigenvalue weighted by Crippen LogP contribution is 2.46. The Hall–Kier alpha value is 0.290. The maximum absolute atomic E-state index is 10.4. The fourth-order valence-electron chi connectivity index (χ4n) is 3.28. The quantitative estimate of drug-likeness (QED) is 0.743. The van der Waals surface area contributed by atoms with Gasteiger partial charge in [-0.2, -0.15) is 0 Å².